The van der Waals surface area contributed by atoms with Gasteiger partial charge < -0.3 is 10.4 Å². The summed E-state index contributed by atoms with van der Waals surface area (Å²) >= 11 is 5.64. The number of rotatable bonds is 4. The molecular formula is C13H18Cl2F2N2O. The van der Waals surface area contributed by atoms with Crippen LogP contribution in [0.15, 0.2) is 12.1 Å². The van der Waals surface area contributed by atoms with Crippen LogP contribution in [-0.4, -0.2) is 42.8 Å². The van der Waals surface area contributed by atoms with Crippen molar-refractivity contribution in [3.63, 3.8) is 0 Å². The average Bonchev–Trinajstić information content (AvgIpc) is 2.37. The maximum atomic E-state index is 14.0. The van der Waals surface area contributed by atoms with Crippen molar-refractivity contribution < 1.29 is 13.9 Å². The highest BCUT2D eigenvalue weighted by Gasteiger charge is 2.27. The Bertz CT molecular complexity index is 419. The Morgan fingerprint density at radius 1 is 1.25 bits per heavy atom. The van der Waals surface area contributed by atoms with E-state index in [1.807, 2.05) is 4.90 Å². The molecule has 0 aliphatic carbocycles. The highest BCUT2D eigenvalue weighted by atomic mass is 35.5. The van der Waals surface area contributed by atoms with Crippen LogP contribution in [-0.2, 0) is 0 Å². The minimum atomic E-state index is -0.651. The number of halogens is 4. The largest absolute Gasteiger partial charge is 0.396 e. The molecule has 0 aromatic heterocycles. The highest BCUT2D eigenvalue weighted by Crippen LogP contribution is 2.31. The van der Waals surface area contributed by atoms with E-state index in [4.69, 9.17) is 16.7 Å². The SMILES string of the molecule is Cl.OCC[C@@H](c1c(F)cc(Cl)cc1F)N1CCNCC1. The van der Waals surface area contributed by atoms with Crippen molar-refractivity contribution in [2.45, 2.75) is 12.5 Å². The summed E-state index contributed by atoms with van der Waals surface area (Å²) in [7, 11) is 0. The van der Waals surface area contributed by atoms with Crippen molar-refractivity contribution in [2.75, 3.05) is 32.8 Å². The molecule has 2 rings (SSSR count). The smallest absolute Gasteiger partial charge is 0.132 e. The van der Waals surface area contributed by atoms with Crippen molar-refractivity contribution in [3.8, 4) is 0 Å². The van der Waals surface area contributed by atoms with Crippen molar-refractivity contribution in [2.24, 2.45) is 0 Å². The Morgan fingerprint density at radius 3 is 2.30 bits per heavy atom. The molecule has 0 bridgehead atoms. The summed E-state index contributed by atoms with van der Waals surface area (Å²) in [6.45, 7) is 2.84. The Hall–Kier alpha value is -0.460. The zero-order chi connectivity index (χ0) is 13.8. The fourth-order valence-electron chi connectivity index (χ4n) is 2.50. The fourth-order valence-corrected chi connectivity index (χ4v) is 2.69. The van der Waals surface area contributed by atoms with Crippen LogP contribution in [0.2, 0.25) is 5.02 Å². The third-order valence-corrected chi connectivity index (χ3v) is 3.59. The van der Waals surface area contributed by atoms with Crippen LogP contribution in [0.25, 0.3) is 0 Å². The Labute approximate surface area is 128 Å². The Balaban J connectivity index is 0.00000200. The molecule has 1 aromatic carbocycles. The van der Waals surface area contributed by atoms with Gasteiger partial charge in [-0.15, -0.1) is 12.4 Å². The van der Waals surface area contributed by atoms with Gasteiger partial charge in [0, 0.05) is 49.4 Å². The normalized spacial score (nSPS) is 17.6. The first-order chi connectivity index (χ1) is 9.13. The fraction of sp³-hybridized carbons (Fsp3) is 0.538. The zero-order valence-electron chi connectivity index (χ0n) is 10.9. The number of nitrogens with zero attached hydrogens (tertiary/aromatic N) is 1. The van der Waals surface area contributed by atoms with Gasteiger partial charge in [-0.05, 0) is 18.6 Å². The summed E-state index contributed by atoms with van der Waals surface area (Å²) < 4.78 is 28.0. The molecule has 20 heavy (non-hydrogen) atoms. The second-order valence-corrected chi connectivity index (χ2v) is 5.03. The van der Waals surface area contributed by atoms with E-state index in [1.165, 1.54) is 0 Å². The lowest BCUT2D eigenvalue weighted by Crippen LogP contribution is -2.45. The van der Waals surface area contributed by atoms with E-state index in [9.17, 15) is 8.78 Å². The molecule has 1 aromatic rings. The van der Waals surface area contributed by atoms with Crippen molar-refractivity contribution in [3.05, 3.63) is 34.4 Å². The van der Waals surface area contributed by atoms with Gasteiger partial charge in [0.05, 0.1) is 0 Å². The summed E-state index contributed by atoms with van der Waals surface area (Å²) in [5, 5.41) is 12.4. The molecule has 0 amide bonds. The highest BCUT2D eigenvalue weighted by molar-refractivity contribution is 6.30. The van der Waals surface area contributed by atoms with Crippen LogP contribution in [0, 0.1) is 11.6 Å². The molecule has 1 aliphatic heterocycles. The van der Waals surface area contributed by atoms with Crippen LogP contribution < -0.4 is 5.32 Å². The molecule has 7 heteroatoms. The average molecular weight is 327 g/mol. The molecule has 3 nitrogen and oxygen atoms in total. The molecule has 0 saturated carbocycles. The minimum Gasteiger partial charge on any atom is -0.396 e. The number of hydrogen-bond acceptors (Lipinski definition) is 3. The summed E-state index contributed by atoms with van der Waals surface area (Å²) in [4.78, 5) is 1.99. The van der Waals surface area contributed by atoms with E-state index in [0.717, 1.165) is 25.2 Å². The van der Waals surface area contributed by atoms with E-state index in [1.54, 1.807) is 0 Å². The molecule has 1 aliphatic rings. The zero-order valence-corrected chi connectivity index (χ0v) is 12.5. The third kappa shape index (κ3) is 4.02. The standard InChI is InChI=1S/C13H17ClF2N2O.ClH/c14-9-7-10(15)13(11(16)8-9)12(1-6-19)18-4-2-17-3-5-18;/h7-8,12,17,19H,1-6H2;1H/t12-;/m0./s1. The Kier molecular flexibility index (Phi) is 7.12. The van der Waals surface area contributed by atoms with E-state index in [2.05, 4.69) is 5.32 Å². The van der Waals surface area contributed by atoms with E-state index < -0.39 is 17.7 Å². The topological polar surface area (TPSA) is 35.5 Å². The maximum Gasteiger partial charge on any atom is 0.132 e. The molecule has 1 fully saturated rings. The predicted molar refractivity (Wildman–Crippen MR) is 77.5 cm³/mol. The molecule has 1 heterocycles. The van der Waals surface area contributed by atoms with Gasteiger partial charge in [0.25, 0.3) is 0 Å². The van der Waals surface area contributed by atoms with Gasteiger partial charge in [-0.25, -0.2) is 8.78 Å². The van der Waals surface area contributed by atoms with Gasteiger partial charge in [0.2, 0.25) is 0 Å². The van der Waals surface area contributed by atoms with Gasteiger partial charge in [-0.1, -0.05) is 11.6 Å². The quantitative estimate of drug-likeness (QED) is 0.891. The van der Waals surface area contributed by atoms with Gasteiger partial charge in [-0.2, -0.15) is 0 Å². The van der Waals surface area contributed by atoms with Gasteiger partial charge in [0.1, 0.15) is 11.6 Å². The molecule has 0 radical (unpaired) electrons. The lowest BCUT2D eigenvalue weighted by molar-refractivity contribution is 0.135. The van der Waals surface area contributed by atoms with Crippen molar-refractivity contribution >= 4 is 24.0 Å². The van der Waals surface area contributed by atoms with Gasteiger partial charge >= 0.3 is 0 Å². The third-order valence-electron chi connectivity index (χ3n) is 3.37. The first-order valence-electron chi connectivity index (χ1n) is 6.33. The maximum absolute atomic E-state index is 14.0. The molecule has 1 saturated heterocycles. The first-order valence-corrected chi connectivity index (χ1v) is 6.71. The van der Waals surface area contributed by atoms with Crippen molar-refractivity contribution in [1.82, 2.24) is 10.2 Å². The monoisotopic (exact) mass is 326 g/mol. The summed E-state index contributed by atoms with van der Waals surface area (Å²) in [5.74, 6) is -1.30. The number of hydrogen-bond donors (Lipinski definition) is 2. The van der Waals surface area contributed by atoms with Crippen molar-refractivity contribution in [1.29, 1.82) is 0 Å². The van der Waals surface area contributed by atoms with Gasteiger partial charge in [0.15, 0.2) is 0 Å². The van der Waals surface area contributed by atoms with Crippen LogP contribution in [0.5, 0.6) is 0 Å². The molecule has 0 unspecified atom stereocenters. The van der Waals surface area contributed by atoms with E-state index >= 15 is 0 Å². The molecule has 2 N–H and O–H groups in total. The number of nitrogens with one attached hydrogen (secondary N) is 1. The lowest BCUT2D eigenvalue weighted by Gasteiger charge is -2.35. The molecule has 1 atom stereocenters. The first kappa shape index (κ1) is 17.6. The predicted octanol–water partition coefficient (Wildman–Crippen LogP) is 2.37. The Morgan fingerprint density at radius 2 is 1.80 bits per heavy atom. The number of piperazine rings is 1. The number of aliphatic hydroxyl groups is 1. The summed E-state index contributed by atoms with van der Waals surface area (Å²) in [6.07, 6.45) is 0.301. The van der Waals surface area contributed by atoms with Crippen LogP contribution >= 0.6 is 24.0 Å². The van der Waals surface area contributed by atoms with Crippen LogP contribution in [0.4, 0.5) is 8.78 Å². The number of benzene rings is 1. The number of aliphatic hydroxyl groups excluding tert-OH is 1. The van der Waals surface area contributed by atoms with E-state index in [0.29, 0.717) is 19.5 Å². The summed E-state index contributed by atoms with van der Waals surface area (Å²) in [6, 6.07) is 1.78. The minimum absolute atomic E-state index is 0. The van der Waals surface area contributed by atoms with E-state index in [-0.39, 0.29) is 29.6 Å². The van der Waals surface area contributed by atoms with Gasteiger partial charge in [-0.3, -0.25) is 4.90 Å². The molecule has 114 valence electrons. The second-order valence-electron chi connectivity index (χ2n) is 4.60. The molecule has 0 spiro atoms. The second kappa shape index (κ2) is 8.10. The molecular weight excluding hydrogens is 309 g/mol. The van der Waals surface area contributed by atoms with Crippen LogP contribution in [0.1, 0.15) is 18.0 Å². The van der Waals surface area contributed by atoms with Crippen LogP contribution in [0.3, 0.4) is 0 Å². The lowest BCUT2D eigenvalue weighted by atomic mass is 10.00. The summed E-state index contributed by atoms with van der Waals surface area (Å²) in [5.41, 5.74) is 0.000324.